The maximum absolute atomic E-state index is 13.3. The van der Waals surface area contributed by atoms with Crippen molar-refractivity contribution in [2.24, 2.45) is 0 Å². The van der Waals surface area contributed by atoms with Crippen LogP contribution in [0.25, 0.3) is 11.1 Å². The van der Waals surface area contributed by atoms with Crippen molar-refractivity contribution in [2.75, 3.05) is 0 Å². The minimum absolute atomic E-state index is 0.0784. The van der Waals surface area contributed by atoms with Gasteiger partial charge in [-0.1, -0.05) is 36.4 Å². The van der Waals surface area contributed by atoms with E-state index in [-0.39, 0.29) is 18.1 Å². The molecule has 3 aliphatic heterocycles. The van der Waals surface area contributed by atoms with Crippen LogP contribution in [0.3, 0.4) is 0 Å². The summed E-state index contributed by atoms with van der Waals surface area (Å²) in [6, 6.07) is 22.8. The molecule has 2 N–H and O–H groups in total. The number of hydrogen-bond donors (Lipinski definition) is 2. The minimum atomic E-state index is -0.211. The normalized spacial score (nSPS) is 17.9. The number of hydrogen-bond acceptors (Lipinski definition) is 4. The van der Waals surface area contributed by atoms with Crippen LogP contribution in [0.2, 0.25) is 0 Å². The second-order valence-corrected chi connectivity index (χ2v) is 11.0. The molecule has 0 aliphatic carbocycles. The van der Waals surface area contributed by atoms with E-state index in [1.54, 1.807) is 0 Å². The molecule has 0 radical (unpaired) electrons. The number of benzene rings is 4. The highest BCUT2D eigenvalue weighted by atomic mass is 16.5. The summed E-state index contributed by atoms with van der Waals surface area (Å²) in [5, 5.41) is 16.3. The Labute approximate surface area is 228 Å². The number of carbonyl (C=O) groups excluding carboxylic acids is 1. The van der Waals surface area contributed by atoms with Gasteiger partial charge in [0.2, 0.25) is 0 Å². The monoisotopic (exact) mass is 511 g/mol. The van der Waals surface area contributed by atoms with Crippen molar-refractivity contribution in [1.82, 2.24) is 10.6 Å². The van der Waals surface area contributed by atoms with Crippen molar-refractivity contribution in [3.8, 4) is 17.2 Å². The molecule has 0 fully saturated rings. The van der Waals surface area contributed by atoms with Crippen LogP contribution >= 0.6 is 0 Å². The first-order valence-corrected chi connectivity index (χ1v) is 13.5. The SMILES string of the molecule is Cc1ccc(-c2ccc3c(c2)C2OC3c3ccc(C(=O)NCc4c(C)cc5c(c4C)CNC5)cc32)c(C#N)c1. The lowest BCUT2D eigenvalue weighted by molar-refractivity contribution is 0.0857. The average Bonchev–Trinajstić information content (AvgIpc) is 3.66. The molecule has 3 heterocycles. The van der Waals surface area contributed by atoms with Crippen LogP contribution in [0.1, 0.15) is 83.8 Å². The second-order valence-electron chi connectivity index (χ2n) is 11.0. The third-order valence-corrected chi connectivity index (χ3v) is 8.65. The van der Waals surface area contributed by atoms with Gasteiger partial charge in [0.15, 0.2) is 0 Å². The van der Waals surface area contributed by atoms with Gasteiger partial charge in [0.1, 0.15) is 12.2 Å². The first-order chi connectivity index (χ1) is 18.9. The quantitative estimate of drug-likeness (QED) is 0.342. The molecule has 4 aromatic carbocycles. The standard InChI is InChI=1S/C34H29N3O2/c1-18-4-7-25(23(10-18)14-35)21-5-8-26-28(12-21)33-29-13-22(6-9-27(29)32(26)39-33)34(38)37-17-30-19(2)11-24-15-36-16-31(24)20(30)3/h4-13,32-33,36H,15-17H2,1-3H3,(H,37,38). The van der Waals surface area contributed by atoms with E-state index < -0.39 is 0 Å². The zero-order valence-electron chi connectivity index (χ0n) is 22.3. The molecule has 2 atom stereocenters. The maximum Gasteiger partial charge on any atom is 0.251 e. The molecule has 5 heteroatoms. The highest BCUT2D eigenvalue weighted by Gasteiger charge is 2.43. The smallest absolute Gasteiger partial charge is 0.251 e. The van der Waals surface area contributed by atoms with Gasteiger partial charge in [0.25, 0.3) is 5.91 Å². The van der Waals surface area contributed by atoms with E-state index in [0.29, 0.717) is 17.7 Å². The first-order valence-electron chi connectivity index (χ1n) is 13.5. The highest BCUT2D eigenvalue weighted by molar-refractivity contribution is 5.94. The van der Waals surface area contributed by atoms with E-state index in [1.165, 1.54) is 27.8 Å². The summed E-state index contributed by atoms with van der Waals surface area (Å²) in [7, 11) is 0. The topological polar surface area (TPSA) is 74.2 Å². The fourth-order valence-corrected chi connectivity index (χ4v) is 6.58. The van der Waals surface area contributed by atoms with Crippen molar-refractivity contribution in [3.05, 3.63) is 127 Å². The predicted molar refractivity (Wildman–Crippen MR) is 150 cm³/mol. The summed E-state index contributed by atoms with van der Waals surface area (Å²) in [6.45, 7) is 8.59. The summed E-state index contributed by atoms with van der Waals surface area (Å²) in [5.74, 6) is -0.0784. The van der Waals surface area contributed by atoms with Crippen LogP contribution in [0, 0.1) is 32.1 Å². The molecule has 0 saturated heterocycles. The number of carbonyl (C=O) groups is 1. The third-order valence-electron chi connectivity index (χ3n) is 8.65. The van der Waals surface area contributed by atoms with Gasteiger partial charge in [-0.05, 0) is 112 Å². The number of nitrogens with zero attached hydrogens (tertiary/aromatic N) is 1. The maximum atomic E-state index is 13.3. The Hall–Kier alpha value is -4.24. The predicted octanol–water partition coefficient (Wildman–Crippen LogP) is 6.21. The zero-order chi connectivity index (χ0) is 26.8. The molecule has 39 heavy (non-hydrogen) atoms. The Morgan fingerprint density at radius 2 is 1.72 bits per heavy atom. The van der Waals surface area contributed by atoms with Crippen LogP contribution in [0.4, 0.5) is 0 Å². The molecule has 4 aromatic rings. The van der Waals surface area contributed by atoms with Crippen molar-refractivity contribution in [1.29, 1.82) is 5.26 Å². The Morgan fingerprint density at radius 1 is 0.949 bits per heavy atom. The van der Waals surface area contributed by atoms with Crippen molar-refractivity contribution in [2.45, 2.75) is 52.6 Å². The summed E-state index contributed by atoms with van der Waals surface area (Å²) in [6.07, 6.45) is -0.331. The molecule has 1 amide bonds. The average molecular weight is 512 g/mol. The van der Waals surface area contributed by atoms with Crippen LogP contribution in [0.15, 0.2) is 60.7 Å². The lowest BCUT2D eigenvalue weighted by Gasteiger charge is -2.18. The minimum Gasteiger partial charge on any atom is -0.356 e. The van der Waals surface area contributed by atoms with Crippen LogP contribution in [-0.2, 0) is 24.4 Å². The number of nitrogens with one attached hydrogen (secondary N) is 2. The molecule has 7 rings (SSSR count). The van der Waals surface area contributed by atoms with E-state index >= 15 is 0 Å². The fourth-order valence-electron chi connectivity index (χ4n) is 6.58. The first kappa shape index (κ1) is 23.8. The number of aryl methyl sites for hydroxylation is 2. The van der Waals surface area contributed by atoms with Crippen molar-refractivity contribution < 1.29 is 9.53 Å². The number of rotatable bonds is 4. The Morgan fingerprint density at radius 3 is 2.54 bits per heavy atom. The van der Waals surface area contributed by atoms with Gasteiger partial charge in [0, 0.05) is 25.2 Å². The fraction of sp³-hybridized carbons (Fsp3) is 0.235. The Kier molecular flexibility index (Phi) is 5.45. The third kappa shape index (κ3) is 3.71. The molecule has 2 bridgehead atoms. The van der Waals surface area contributed by atoms with E-state index in [1.807, 2.05) is 43.3 Å². The summed E-state index contributed by atoms with van der Waals surface area (Å²) in [5.41, 5.74) is 15.2. The van der Waals surface area contributed by atoms with Gasteiger partial charge in [-0.3, -0.25) is 4.79 Å². The lowest BCUT2D eigenvalue weighted by atomic mass is 9.83. The number of amides is 1. The molecule has 2 unspecified atom stereocenters. The molecule has 3 aliphatic rings. The number of ether oxygens (including phenoxy) is 1. The van der Waals surface area contributed by atoms with Gasteiger partial charge < -0.3 is 15.4 Å². The number of nitriles is 1. The van der Waals surface area contributed by atoms with Gasteiger partial charge in [0.05, 0.1) is 11.6 Å². The molecule has 192 valence electrons. The second kappa shape index (κ2) is 8.91. The van der Waals surface area contributed by atoms with Gasteiger partial charge >= 0.3 is 0 Å². The molecule has 0 spiro atoms. The van der Waals surface area contributed by atoms with Gasteiger partial charge in [-0.15, -0.1) is 0 Å². The largest absolute Gasteiger partial charge is 0.356 e. The number of fused-ring (bicyclic) bond motifs is 9. The summed E-state index contributed by atoms with van der Waals surface area (Å²) < 4.78 is 6.42. The molecular formula is C34H29N3O2. The van der Waals surface area contributed by atoms with E-state index in [2.05, 4.69) is 54.8 Å². The van der Waals surface area contributed by atoms with Gasteiger partial charge in [-0.25, -0.2) is 0 Å². The summed E-state index contributed by atoms with van der Waals surface area (Å²) in [4.78, 5) is 13.3. The zero-order valence-corrected chi connectivity index (χ0v) is 22.3. The summed E-state index contributed by atoms with van der Waals surface area (Å²) >= 11 is 0. The van der Waals surface area contributed by atoms with Gasteiger partial charge in [-0.2, -0.15) is 5.26 Å². The van der Waals surface area contributed by atoms with Crippen molar-refractivity contribution in [3.63, 3.8) is 0 Å². The molecule has 5 nitrogen and oxygen atoms in total. The van der Waals surface area contributed by atoms with E-state index in [0.717, 1.165) is 52.0 Å². The lowest BCUT2D eigenvalue weighted by Crippen LogP contribution is -2.24. The molecule has 0 saturated carbocycles. The molecular weight excluding hydrogens is 482 g/mol. The Balaban J connectivity index is 1.15. The van der Waals surface area contributed by atoms with E-state index in [9.17, 15) is 10.1 Å². The van der Waals surface area contributed by atoms with Crippen molar-refractivity contribution >= 4 is 5.91 Å². The highest BCUT2D eigenvalue weighted by Crippen LogP contribution is 2.55. The van der Waals surface area contributed by atoms with Crippen LogP contribution < -0.4 is 10.6 Å². The molecule has 0 aromatic heterocycles. The van der Waals surface area contributed by atoms with Crippen LogP contribution in [-0.4, -0.2) is 5.91 Å². The van der Waals surface area contributed by atoms with Crippen LogP contribution in [0.5, 0.6) is 0 Å². The Bertz CT molecular complexity index is 1750. The van der Waals surface area contributed by atoms with E-state index in [4.69, 9.17) is 4.74 Å².